The van der Waals surface area contributed by atoms with Crippen LogP contribution in [0.1, 0.15) is 18.1 Å². The molecule has 0 atom stereocenters. The monoisotopic (exact) mass is 239 g/mol. The van der Waals surface area contributed by atoms with Gasteiger partial charge < -0.3 is 11.1 Å². The number of nitrogen functional groups attached to an aromatic ring is 1. The third-order valence-corrected chi connectivity index (χ3v) is 2.63. The number of nitriles is 1. The van der Waals surface area contributed by atoms with Crippen molar-refractivity contribution in [3.8, 4) is 6.07 Å². The summed E-state index contributed by atoms with van der Waals surface area (Å²) >= 11 is 0. The van der Waals surface area contributed by atoms with Gasteiger partial charge in [0, 0.05) is 5.56 Å². The number of benzene rings is 1. The molecule has 5 nitrogen and oxygen atoms in total. The van der Waals surface area contributed by atoms with Crippen molar-refractivity contribution >= 4 is 17.3 Å². The molecule has 2 aromatic rings. The summed E-state index contributed by atoms with van der Waals surface area (Å²) in [6.07, 6.45) is 2.13. The minimum atomic E-state index is 0.462. The van der Waals surface area contributed by atoms with E-state index in [2.05, 4.69) is 21.4 Å². The van der Waals surface area contributed by atoms with Gasteiger partial charge in [0.25, 0.3) is 0 Å². The maximum atomic E-state index is 9.03. The minimum Gasteiger partial charge on any atom is -0.383 e. The zero-order valence-electron chi connectivity index (χ0n) is 10.0. The molecule has 0 spiro atoms. The lowest BCUT2D eigenvalue weighted by molar-refractivity contribution is 1.06. The van der Waals surface area contributed by atoms with Gasteiger partial charge in [0.2, 0.25) is 0 Å². The summed E-state index contributed by atoms with van der Waals surface area (Å²) in [7, 11) is 0. The van der Waals surface area contributed by atoms with E-state index in [4.69, 9.17) is 11.0 Å². The molecule has 18 heavy (non-hydrogen) atoms. The molecule has 0 aliphatic heterocycles. The number of nitrogens with two attached hydrogens (primary N) is 1. The highest BCUT2D eigenvalue weighted by Gasteiger charge is 2.09. The maximum absolute atomic E-state index is 9.03. The number of para-hydroxylation sites is 1. The van der Waals surface area contributed by atoms with Crippen molar-refractivity contribution in [1.82, 2.24) is 9.97 Å². The first-order chi connectivity index (χ1) is 8.76. The third-order valence-electron chi connectivity index (χ3n) is 2.63. The Hall–Kier alpha value is -2.61. The number of nitrogens with zero attached hydrogens (tertiary/aromatic N) is 3. The molecule has 0 aliphatic rings. The van der Waals surface area contributed by atoms with E-state index in [0.29, 0.717) is 22.9 Å². The highest BCUT2D eigenvalue weighted by atomic mass is 15.0. The van der Waals surface area contributed by atoms with Gasteiger partial charge in [-0.05, 0) is 18.6 Å². The Balaban J connectivity index is 2.41. The standard InChI is InChI=1S/C13H13N5/c1-2-10-12(15)16-8-17-13(10)18-11-6-4-3-5-9(11)7-14/h3-6,8H,2H2,1H3,(H3,15,16,17,18). The van der Waals surface area contributed by atoms with Gasteiger partial charge in [-0.25, -0.2) is 9.97 Å². The molecule has 0 saturated heterocycles. The second-order valence-corrected chi connectivity index (χ2v) is 3.72. The quantitative estimate of drug-likeness (QED) is 0.857. The molecule has 1 aromatic heterocycles. The molecule has 0 unspecified atom stereocenters. The van der Waals surface area contributed by atoms with Crippen LogP contribution < -0.4 is 11.1 Å². The molecular formula is C13H13N5. The smallest absolute Gasteiger partial charge is 0.139 e. The zero-order chi connectivity index (χ0) is 13.0. The van der Waals surface area contributed by atoms with Gasteiger partial charge in [-0.2, -0.15) is 5.26 Å². The van der Waals surface area contributed by atoms with E-state index in [9.17, 15) is 0 Å². The van der Waals surface area contributed by atoms with Crippen LogP contribution in [0.25, 0.3) is 0 Å². The van der Waals surface area contributed by atoms with Crippen LogP contribution in [-0.2, 0) is 6.42 Å². The van der Waals surface area contributed by atoms with Gasteiger partial charge in [-0.1, -0.05) is 19.1 Å². The number of aromatic nitrogens is 2. The van der Waals surface area contributed by atoms with E-state index in [-0.39, 0.29) is 0 Å². The van der Waals surface area contributed by atoms with E-state index >= 15 is 0 Å². The molecule has 0 amide bonds. The lowest BCUT2D eigenvalue weighted by atomic mass is 10.1. The summed E-state index contributed by atoms with van der Waals surface area (Å²) < 4.78 is 0. The zero-order valence-corrected chi connectivity index (χ0v) is 10.0. The molecule has 0 radical (unpaired) electrons. The van der Waals surface area contributed by atoms with Crippen LogP contribution in [0.5, 0.6) is 0 Å². The van der Waals surface area contributed by atoms with Crippen molar-refractivity contribution in [3.63, 3.8) is 0 Å². The number of anilines is 3. The van der Waals surface area contributed by atoms with Gasteiger partial charge in [0.1, 0.15) is 24.0 Å². The number of rotatable bonds is 3. The van der Waals surface area contributed by atoms with Gasteiger partial charge in [0.05, 0.1) is 11.3 Å². The summed E-state index contributed by atoms with van der Waals surface area (Å²) in [5.74, 6) is 1.11. The fourth-order valence-electron chi connectivity index (χ4n) is 1.70. The van der Waals surface area contributed by atoms with Crippen LogP contribution in [0.2, 0.25) is 0 Å². The van der Waals surface area contributed by atoms with Crippen molar-refractivity contribution in [2.24, 2.45) is 0 Å². The largest absolute Gasteiger partial charge is 0.383 e. The van der Waals surface area contributed by atoms with Gasteiger partial charge in [-0.3, -0.25) is 0 Å². The van der Waals surface area contributed by atoms with Crippen LogP contribution in [0.3, 0.4) is 0 Å². The number of nitrogens with one attached hydrogen (secondary N) is 1. The van der Waals surface area contributed by atoms with Gasteiger partial charge in [-0.15, -0.1) is 0 Å². The maximum Gasteiger partial charge on any atom is 0.139 e. The molecular weight excluding hydrogens is 226 g/mol. The molecule has 1 aromatic carbocycles. The number of hydrogen-bond acceptors (Lipinski definition) is 5. The highest BCUT2D eigenvalue weighted by molar-refractivity contribution is 5.68. The molecule has 2 rings (SSSR count). The molecule has 0 aliphatic carbocycles. The molecule has 3 N–H and O–H groups in total. The predicted octanol–water partition coefficient (Wildman–Crippen LogP) is 2.24. The highest BCUT2D eigenvalue weighted by Crippen LogP contribution is 2.24. The Labute approximate surface area is 105 Å². The summed E-state index contributed by atoms with van der Waals surface area (Å²) in [6, 6.07) is 9.39. The molecule has 0 bridgehead atoms. The average molecular weight is 239 g/mol. The Kier molecular flexibility index (Phi) is 3.39. The van der Waals surface area contributed by atoms with Crippen molar-refractivity contribution in [2.45, 2.75) is 13.3 Å². The topological polar surface area (TPSA) is 87.6 Å². The van der Waals surface area contributed by atoms with Gasteiger partial charge in [0.15, 0.2) is 0 Å². The summed E-state index contributed by atoms with van der Waals surface area (Å²) in [5.41, 5.74) is 7.93. The first kappa shape index (κ1) is 11.9. The van der Waals surface area contributed by atoms with Gasteiger partial charge >= 0.3 is 0 Å². The Morgan fingerprint density at radius 3 is 2.83 bits per heavy atom. The van der Waals surface area contributed by atoms with E-state index in [0.717, 1.165) is 12.0 Å². The van der Waals surface area contributed by atoms with Crippen LogP contribution in [0.15, 0.2) is 30.6 Å². The lowest BCUT2D eigenvalue weighted by Gasteiger charge is -2.11. The van der Waals surface area contributed by atoms with Crippen molar-refractivity contribution < 1.29 is 0 Å². The summed E-state index contributed by atoms with van der Waals surface area (Å²) in [4.78, 5) is 8.13. The van der Waals surface area contributed by atoms with Crippen molar-refractivity contribution in [2.75, 3.05) is 11.1 Å². The molecule has 90 valence electrons. The third kappa shape index (κ3) is 2.23. The SMILES string of the molecule is CCc1c(N)ncnc1Nc1ccccc1C#N. The van der Waals surface area contributed by atoms with E-state index in [1.54, 1.807) is 6.07 Å². The fourth-order valence-corrected chi connectivity index (χ4v) is 1.70. The fraction of sp³-hybridized carbons (Fsp3) is 0.154. The molecule has 1 heterocycles. The van der Waals surface area contributed by atoms with E-state index in [1.807, 2.05) is 25.1 Å². The predicted molar refractivity (Wildman–Crippen MR) is 70.3 cm³/mol. The van der Waals surface area contributed by atoms with E-state index in [1.165, 1.54) is 6.33 Å². The Morgan fingerprint density at radius 1 is 1.33 bits per heavy atom. The number of hydrogen-bond donors (Lipinski definition) is 2. The van der Waals surface area contributed by atoms with Crippen LogP contribution in [0, 0.1) is 11.3 Å². The van der Waals surface area contributed by atoms with Crippen molar-refractivity contribution in [3.05, 3.63) is 41.7 Å². The molecule has 0 fully saturated rings. The first-order valence-corrected chi connectivity index (χ1v) is 5.61. The van der Waals surface area contributed by atoms with Crippen molar-refractivity contribution in [1.29, 1.82) is 5.26 Å². The minimum absolute atomic E-state index is 0.462. The summed E-state index contributed by atoms with van der Waals surface area (Å²) in [6.45, 7) is 1.98. The Bertz CT molecular complexity index is 601. The van der Waals surface area contributed by atoms with Crippen LogP contribution in [0.4, 0.5) is 17.3 Å². The lowest BCUT2D eigenvalue weighted by Crippen LogP contribution is -2.05. The second-order valence-electron chi connectivity index (χ2n) is 3.72. The molecule has 5 heteroatoms. The summed E-state index contributed by atoms with van der Waals surface area (Å²) in [5, 5.41) is 12.2. The molecule has 0 saturated carbocycles. The normalized spacial score (nSPS) is 9.78. The average Bonchev–Trinajstić information content (AvgIpc) is 2.40. The Morgan fingerprint density at radius 2 is 2.11 bits per heavy atom. The van der Waals surface area contributed by atoms with Crippen LogP contribution >= 0.6 is 0 Å². The van der Waals surface area contributed by atoms with Crippen LogP contribution in [-0.4, -0.2) is 9.97 Å². The first-order valence-electron chi connectivity index (χ1n) is 5.61. The second kappa shape index (κ2) is 5.15. The van der Waals surface area contributed by atoms with E-state index < -0.39 is 0 Å².